The molecule has 0 fully saturated rings. The van der Waals surface area contributed by atoms with E-state index in [1.807, 2.05) is 6.92 Å². The molecule has 0 aliphatic heterocycles. The van der Waals surface area contributed by atoms with Gasteiger partial charge < -0.3 is 9.42 Å². The highest BCUT2D eigenvalue weighted by Gasteiger charge is 2.21. The Bertz CT molecular complexity index is 286. The smallest absolute Gasteiger partial charge is 0.257 e. The summed E-state index contributed by atoms with van der Waals surface area (Å²) in [5, 5.41) is 0. The van der Waals surface area contributed by atoms with E-state index in [0.717, 1.165) is 31.8 Å². The molecule has 0 aromatic heterocycles. The fourth-order valence-corrected chi connectivity index (χ4v) is 5.87. The molecule has 3 nitrogen and oxygen atoms in total. The summed E-state index contributed by atoms with van der Waals surface area (Å²) in [6, 6.07) is 0. The zero-order valence-electron chi connectivity index (χ0n) is 15.3. The molecule has 0 saturated heterocycles. The first-order chi connectivity index (χ1) is 10.6. The molecule has 0 aliphatic carbocycles. The summed E-state index contributed by atoms with van der Waals surface area (Å²) >= 11 is 1.55. The Kier molecular flexibility index (Phi) is 15.4. The summed E-state index contributed by atoms with van der Waals surface area (Å²) in [7, 11) is 0. The van der Waals surface area contributed by atoms with Crippen LogP contribution in [0.5, 0.6) is 0 Å². The molecule has 0 spiro atoms. The number of hydrogen-bond donors (Lipinski definition) is 0. The molecule has 0 aromatic rings. The SMILES string of the molecule is CCCCCCCCCOP(=O)(CC)SCCN(CC)CC. The normalized spacial score (nSPS) is 14.4. The van der Waals surface area contributed by atoms with E-state index < -0.39 is 6.57 Å². The second-order valence-electron chi connectivity index (χ2n) is 5.74. The van der Waals surface area contributed by atoms with Crippen molar-refractivity contribution in [2.75, 3.05) is 38.2 Å². The minimum atomic E-state index is -2.45. The van der Waals surface area contributed by atoms with Crippen LogP contribution in [0.3, 0.4) is 0 Å². The van der Waals surface area contributed by atoms with Crippen molar-refractivity contribution in [1.29, 1.82) is 0 Å². The lowest BCUT2D eigenvalue weighted by atomic mass is 10.1. The summed E-state index contributed by atoms with van der Waals surface area (Å²) in [4.78, 5) is 2.36. The minimum absolute atomic E-state index is 0.645. The Morgan fingerprint density at radius 1 is 0.909 bits per heavy atom. The first-order valence-electron chi connectivity index (χ1n) is 9.22. The molecule has 0 aromatic carbocycles. The predicted molar refractivity (Wildman–Crippen MR) is 102 cm³/mol. The maximum atomic E-state index is 12.6. The molecule has 5 heteroatoms. The summed E-state index contributed by atoms with van der Waals surface area (Å²) in [5.41, 5.74) is 0. The third-order valence-electron chi connectivity index (χ3n) is 4.01. The molecule has 1 atom stereocenters. The van der Waals surface area contributed by atoms with Crippen LogP contribution in [0.25, 0.3) is 0 Å². The van der Waals surface area contributed by atoms with Gasteiger partial charge in [0.25, 0.3) is 6.57 Å². The van der Waals surface area contributed by atoms with Crippen molar-refractivity contribution in [3.05, 3.63) is 0 Å². The van der Waals surface area contributed by atoms with E-state index in [0.29, 0.717) is 12.8 Å². The minimum Gasteiger partial charge on any atom is -0.321 e. The van der Waals surface area contributed by atoms with E-state index in [1.54, 1.807) is 11.4 Å². The van der Waals surface area contributed by atoms with Crippen LogP contribution in [0, 0.1) is 0 Å². The van der Waals surface area contributed by atoms with Gasteiger partial charge in [0, 0.05) is 18.5 Å². The first kappa shape index (κ1) is 22.5. The third-order valence-corrected chi connectivity index (χ3v) is 8.94. The molecule has 0 rings (SSSR count). The topological polar surface area (TPSA) is 29.5 Å². The first-order valence-corrected chi connectivity index (χ1v) is 12.6. The zero-order valence-corrected chi connectivity index (χ0v) is 17.0. The molecule has 0 radical (unpaired) electrons. The van der Waals surface area contributed by atoms with Crippen molar-refractivity contribution in [2.45, 2.75) is 72.6 Å². The number of hydrogen-bond acceptors (Lipinski definition) is 4. The fourth-order valence-electron chi connectivity index (χ4n) is 2.33. The molecule has 1 unspecified atom stereocenters. The molecule has 22 heavy (non-hydrogen) atoms. The van der Waals surface area contributed by atoms with Gasteiger partial charge in [0.15, 0.2) is 0 Å². The Morgan fingerprint density at radius 2 is 1.50 bits per heavy atom. The molecule has 0 N–H and O–H groups in total. The van der Waals surface area contributed by atoms with Gasteiger partial charge in [0.2, 0.25) is 0 Å². The molecule has 0 amide bonds. The predicted octanol–water partition coefficient (Wildman–Crippen LogP) is 6.04. The maximum Gasteiger partial charge on any atom is 0.257 e. The van der Waals surface area contributed by atoms with Crippen molar-refractivity contribution in [2.24, 2.45) is 0 Å². The van der Waals surface area contributed by atoms with Crippen molar-refractivity contribution in [3.63, 3.8) is 0 Å². The average Bonchev–Trinajstić information content (AvgIpc) is 2.54. The van der Waals surface area contributed by atoms with Crippen LogP contribution >= 0.6 is 18.0 Å². The van der Waals surface area contributed by atoms with Gasteiger partial charge in [0.05, 0.1) is 6.61 Å². The molecular formula is C17H38NO2PS. The van der Waals surface area contributed by atoms with Gasteiger partial charge in [-0.15, -0.1) is 0 Å². The second kappa shape index (κ2) is 15.1. The lowest BCUT2D eigenvalue weighted by molar-refractivity contribution is 0.311. The lowest BCUT2D eigenvalue weighted by Crippen LogP contribution is -2.25. The fraction of sp³-hybridized carbons (Fsp3) is 1.00. The summed E-state index contributed by atoms with van der Waals surface area (Å²) < 4.78 is 18.4. The van der Waals surface area contributed by atoms with Crippen LogP contribution < -0.4 is 0 Å². The van der Waals surface area contributed by atoms with Gasteiger partial charge >= 0.3 is 0 Å². The van der Waals surface area contributed by atoms with Crippen LogP contribution in [0.15, 0.2) is 0 Å². The monoisotopic (exact) mass is 351 g/mol. The Hall–Kier alpha value is 0.500. The molecular weight excluding hydrogens is 313 g/mol. The average molecular weight is 352 g/mol. The van der Waals surface area contributed by atoms with Gasteiger partial charge in [-0.2, -0.15) is 0 Å². The van der Waals surface area contributed by atoms with E-state index in [-0.39, 0.29) is 0 Å². The molecule has 0 aliphatic rings. The Morgan fingerprint density at radius 3 is 2.05 bits per heavy atom. The summed E-state index contributed by atoms with van der Waals surface area (Å²) in [6.45, 7) is 9.90. The molecule has 0 bridgehead atoms. The van der Waals surface area contributed by atoms with Crippen molar-refractivity contribution in [1.82, 2.24) is 4.90 Å². The highest BCUT2D eigenvalue weighted by atomic mass is 32.7. The Labute approximate surface area is 143 Å². The third kappa shape index (κ3) is 12.0. The van der Waals surface area contributed by atoms with Crippen LogP contribution in [0.1, 0.15) is 72.6 Å². The van der Waals surface area contributed by atoms with Crippen LogP contribution in [0.2, 0.25) is 0 Å². The van der Waals surface area contributed by atoms with Crippen LogP contribution in [0.4, 0.5) is 0 Å². The summed E-state index contributed by atoms with van der Waals surface area (Å²) in [6.07, 6.45) is 9.52. The van der Waals surface area contributed by atoms with Gasteiger partial charge in [-0.1, -0.05) is 77.6 Å². The van der Waals surface area contributed by atoms with E-state index >= 15 is 0 Å². The second-order valence-corrected chi connectivity index (χ2v) is 11.0. The molecule has 0 saturated carbocycles. The van der Waals surface area contributed by atoms with Crippen molar-refractivity contribution < 1.29 is 9.09 Å². The van der Waals surface area contributed by atoms with Gasteiger partial charge in [-0.25, -0.2) is 0 Å². The highest BCUT2D eigenvalue weighted by Crippen LogP contribution is 2.59. The van der Waals surface area contributed by atoms with Crippen LogP contribution in [-0.4, -0.2) is 43.1 Å². The van der Waals surface area contributed by atoms with Crippen molar-refractivity contribution >= 4 is 18.0 Å². The number of rotatable bonds is 16. The quantitative estimate of drug-likeness (QED) is 0.250. The van der Waals surface area contributed by atoms with E-state index in [4.69, 9.17) is 4.52 Å². The maximum absolute atomic E-state index is 12.6. The van der Waals surface area contributed by atoms with Gasteiger partial charge in [-0.05, 0) is 19.5 Å². The van der Waals surface area contributed by atoms with Gasteiger partial charge in [0.1, 0.15) is 0 Å². The van der Waals surface area contributed by atoms with E-state index in [1.165, 1.54) is 38.5 Å². The highest BCUT2D eigenvalue weighted by molar-refractivity contribution is 8.56. The molecule has 0 heterocycles. The lowest BCUT2D eigenvalue weighted by Gasteiger charge is -2.20. The standard InChI is InChI=1S/C17H38NO2PS/c1-5-9-10-11-12-13-14-16-20-21(19,8-4)22-17-15-18(6-2)7-3/h5-17H2,1-4H3. The van der Waals surface area contributed by atoms with E-state index in [2.05, 4.69) is 25.7 Å². The van der Waals surface area contributed by atoms with Crippen LogP contribution in [-0.2, 0) is 9.09 Å². The van der Waals surface area contributed by atoms with E-state index in [9.17, 15) is 4.57 Å². The summed E-state index contributed by atoms with van der Waals surface area (Å²) in [5.74, 6) is 0.907. The van der Waals surface area contributed by atoms with Gasteiger partial charge in [-0.3, -0.25) is 4.57 Å². The number of nitrogens with zero attached hydrogens (tertiary/aromatic N) is 1. The largest absolute Gasteiger partial charge is 0.321 e. The van der Waals surface area contributed by atoms with Crippen molar-refractivity contribution in [3.8, 4) is 0 Å². The Balaban J connectivity index is 3.72. The molecule has 134 valence electrons. The zero-order chi connectivity index (χ0) is 16.7. The number of unbranched alkanes of at least 4 members (excludes halogenated alkanes) is 6.